The molecule has 0 spiro atoms. The van der Waals surface area contributed by atoms with E-state index in [0.717, 1.165) is 12.1 Å². The molecule has 0 aliphatic carbocycles. The number of carbonyl (C=O) groups is 1. The third-order valence-corrected chi connectivity index (χ3v) is 1.85. The lowest BCUT2D eigenvalue weighted by Crippen LogP contribution is -2.18. The number of hydrogen-bond acceptors (Lipinski definition) is 2. The van der Waals surface area contributed by atoms with Gasteiger partial charge in [0.15, 0.2) is 0 Å². The third-order valence-electron chi connectivity index (χ3n) is 1.85. The third kappa shape index (κ3) is 1.94. The molecule has 1 aromatic rings. The largest absolute Gasteiger partial charge is 0.338 e. The van der Waals surface area contributed by atoms with Crippen LogP contribution in [0.5, 0.6) is 0 Å². The summed E-state index contributed by atoms with van der Waals surface area (Å²) in [5.74, 6) is 0.951. The average molecular weight is 166 g/mol. The number of hydrogen-bond donors (Lipinski definition) is 0. The predicted octanol–water partition coefficient (Wildman–Crippen LogP) is 1.19. The van der Waals surface area contributed by atoms with Crippen molar-refractivity contribution in [2.75, 3.05) is 0 Å². The van der Waals surface area contributed by atoms with Crippen molar-refractivity contribution in [3.05, 3.63) is 18.2 Å². The van der Waals surface area contributed by atoms with Gasteiger partial charge in [0.25, 0.3) is 0 Å². The van der Waals surface area contributed by atoms with Crippen LogP contribution >= 0.6 is 0 Å². The Kier molecular flexibility index (Phi) is 2.31. The van der Waals surface area contributed by atoms with Crippen molar-refractivity contribution >= 4 is 6.29 Å². The highest BCUT2D eigenvalue weighted by atomic mass is 16.1. The molecule has 1 aromatic heterocycles. The number of aldehydes is 1. The minimum Gasteiger partial charge on any atom is -0.338 e. The van der Waals surface area contributed by atoms with Crippen molar-refractivity contribution in [1.82, 2.24) is 9.55 Å². The summed E-state index contributed by atoms with van der Waals surface area (Å²) in [4.78, 5) is 14.8. The standard InChI is InChI=1S/C9H14N2O/c1-9(2,7-12)6-8-10-4-5-11(8)3/h4-5,7H,6H2,1-3H3. The molecule has 0 aliphatic heterocycles. The van der Waals surface area contributed by atoms with E-state index >= 15 is 0 Å². The first-order chi connectivity index (χ1) is 5.55. The van der Waals surface area contributed by atoms with Gasteiger partial charge in [0.2, 0.25) is 0 Å². The van der Waals surface area contributed by atoms with E-state index in [1.807, 2.05) is 31.7 Å². The first-order valence-electron chi connectivity index (χ1n) is 3.98. The molecule has 0 fully saturated rings. The minimum absolute atomic E-state index is 0.306. The predicted molar refractivity (Wildman–Crippen MR) is 46.8 cm³/mol. The number of imidazole rings is 1. The maximum absolute atomic E-state index is 10.6. The highest BCUT2D eigenvalue weighted by Gasteiger charge is 2.19. The minimum atomic E-state index is -0.306. The summed E-state index contributed by atoms with van der Waals surface area (Å²) in [5, 5.41) is 0. The van der Waals surface area contributed by atoms with Gasteiger partial charge in [0, 0.05) is 31.3 Å². The molecule has 0 amide bonds. The van der Waals surface area contributed by atoms with Gasteiger partial charge in [-0.15, -0.1) is 0 Å². The smallest absolute Gasteiger partial charge is 0.126 e. The Morgan fingerprint density at radius 1 is 1.67 bits per heavy atom. The van der Waals surface area contributed by atoms with Gasteiger partial charge >= 0.3 is 0 Å². The quantitative estimate of drug-likeness (QED) is 0.632. The van der Waals surface area contributed by atoms with Gasteiger partial charge < -0.3 is 9.36 Å². The van der Waals surface area contributed by atoms with E-state index < -0.39 is 0 Å². The number of aromatic nitrogens is 2. The molecular weight excluding hydrogens is 152 g/mol. The zero-order chi connectivity index (χ0) is 9.19. The summed E-state index contributed by atoms with van der Waals surface area (Å²) < 4.78 is 1.94. The molecule has 0 atom stereocenters. The summed E-state index contributed by atoms with van der Waals surface area (Å²) in [5.41, 5.74) is -0.306. The zero-order valence-corrected chi connectivity index (χ0v) is 7.74. The molecule has 0 aliphatic rings. The van der Waals surface area contributed by atoms with Crippen LogP contribution in [0, 0.1) is 5.41 Å². The maximum atomic E-state index is 10.6. The van der Waals surface area contributed by atoms with Crippen LogP contribution in [0.3, 0.4) is 0 Å². The normalized spacial score (nSPS) is 11.6. The molecule has 12 heavy (non-hydrogen) atoms. The first kappa shape index (κ1) is 8.97. The van der Waals surface area contributed by atoms with Crippen LogP contribution in [0.2, 0.25) is 0 Å². The number of aryl methyl sites for hydroxylation is 1. The van der Waals surface area contributed by atoms with E-state index in [1.54, 1.807) is 6.20 Å². The Hall–Kier alpha value is -1.12. The summed E-state index contributed by atoms with van der Waals surface area (Å²) in [6.07, 6.45) is 5.30. The average Bonchev–Trinajstić information content (AvgIpc) is 2.36. The van der Waals surface area contributed by atoms with Crippen molar-refractivity contribution < 1.29 is 4.79 Å². The molecule has 0 N–H and O–H groups in total. The molecule has 66 valence electrons. The zero-order valence-electron chi connectivity index (χ0n) is 7.74. The topological polar surface area (TPSA) is 34.9 Å². The van der Waals surface area contributed by atoms with Gasteiger partial charge in [-0.1, -0.05) is 13.8 Å². The van der Waals surface area contributed by atoms with Crippen LogP contribution in [0.4, 0.5) is 0 Å². The van der Waals surface area contributed by atoms with Crippen molar-refractivity contribution in [3.63, 3.8) is 0 Å². The highest BCUT2D eigenvalue weighted by molar-refractivity contribution is 5.58. The molecule has 0 bridgehead atoms. The molecule has 3 heteroatoms. The van der Waals surface area contributed by atoms with Gasteiger partial charge in [-0.2, -0.15) is 0 Å². The first-order valence-corrected chi connectivity index (χ1v) is 3.98. The highest BCUT2D eigenvalue weighted by Crippen LogP contribution is 2.16. The summed E-state index contributed by atoms with van der Waals surface area (Å²) in [7, 11) is 1.93. The van der Waals surface area contributed by atoms with Crippen LogP contribution in [-0.2, 0) is 18.3 Å². The van der Waals surface area contributed by atoms with Gasteiger partial charge in [-0.3, -0.25) is 0 Å². The molecule has 3 nitrogen and oxygen atoms in total. The molecule has 0 unspecified atom stereocenters. The van der Waals surface area contributed by atoms with Crippen LogP contribution < -0.4 is 0 Å². The van der Waals surface area contributed by atoms with Gasteiger partial charge in [0.05, 0.1) is 0 Å². The van der Waals surface area contributed by atoms with E-state index in [2.05, 4.69) is 4.98 Å². The Bertz CT molecular complexity index is 276. The Morgan fingerprint density at radius 3 is 2.75 bits per heavy atom. The van der Waals surface area contributed by atoms with Crippen molar-refractivity contribution in [1.29, 1.82) is 0 Å². The number of carbonyl (C=O) groups excluding carboxylic acids is 1. The lowest BCUT2D eigenvalue weighted by molar-refractivity contribution is -0.114. The second-order valence-electron chi connectivity index (χ2n) is 3.74. The Balaban J connectivity index is 2.76. The summed E-state index contributed by atoms with van der Waals surface area (Å²) >= 11 is 0. The number of nitrogens with zero attached hydrogens (tertiary/aromatic N) is 2. The Labute approximate surface area is 72.4 Å². The van der Waals surface area contributed by atoms with E-state index in [9.17, 15) is 4.79 Å². The monoisotopic (exact) mass is 166 g/mol. The van der Waals surface area contributed by atoms with E-state index in [-0.39, 0.29) is 5.41 Å². The molecule has 0 saturated carbocycles. The Morgan fingerprint density at radius 2 is 2.33 bits per heavy atom. The second-order valence-corrected chi connectivity index (χ2v) is 3.74. The molecule has 0 saturated heterocycles. The summed E-state index contributed by atoms with van der Waals surface area (Å²) in [6.45, 7) is 3.82. The molecular formula is C9H14N2O. The SMILES string of the molecule is Cn1ccnc1CC(C)(C)C=O. The van der Waals surface area contributed by atoms with Gasteiger partial charge in [0.1, 0.15) is 12.1 Å². The fourth-order valence-corrected chi connectivity index (χ4v) is 1.02. The lowest BCUT2D eigenvalue weighted by Gasteiger charge is -2.15. The maximum Gasteiger partial charge on any atom is 0.126 e. The van der Waals surface area contributed by atoms with Crippen molar-refractivity contribution in [2.24, 2.45) is 12.5 Å². The second kappa shape index (κ2) is 3.09. The van der Waals surface area contributed by atoms with Crippen LogP contribution in [-0.4, -0.2) is 15.8 Å². The van der Waals surface area contributed by atoms with E-state index in [1.165, 1.54) is 0 Å². The van der Waals surface area contributed by atoms with Crippen molar-refractivity contribution in [3.8, 4) is 0 Å². The van der Waals surface area contributed by atoms with Crippen molar-refractivity contribution in [2.45, 2.75) is 20.3 Å². The van der Waals surface area contributed by atoms with Crippen LogP contribution in [0.15, 0.2) is 12.4 Å². The van der Waals surface area contributed by atoms with Crippen LogP contribution in [0.25, 0.3) is 0 Å². The van der Waals surface area contributed by atoms with E-state index in [0.29, 0.717) is 6.42 Å². The number of rotatable bonds is 3. The van der Waals surface area contributed by atoms with Crippen LogP contribution in [0.1, 0.15) is 19.7 Å². The fourth-order valence-electron chi connectivity index (χ4n) is 1.02. The fraction of sp³-hybridized carbons (Fsp3) is 0.556. The van der Waals surface area contributed by atoms with Gasteiger partial charge in [-0.25, -0.2) is 4.98 Å². The van der Waals surface area contributed by atoms with E-state index in [4.69, 9.17) is 0 Å². The van der Waals surface area contributed by atoms with Gasteiger partial charge in [-0.05, 0) is 0 Å². The molecule has 1 rings (SSSR count). The molecule has 1 heterocycles. The molecule has 0 aromatic carbocycles. The lowest BCUT2D eigenvalue weighted by atomic mass is 9.91. The summed E-state index contributed by atoms with van der Waals surface area (Å²) in [6, 6.07) is 0. The molecule has 0 radical (unpaired) electrons.